The minimum Gasteiger partial charge on any atom is -0.348 e. The van der Waals surface area contributed by atoms with Crippen molar-refractivity contribution in [1.82, 2.24) is 15.1 Å². The van der Waals surface area contributed by atoms with E-state index in [9.17, 15) is 19.2 Å². The third-order valence-electron chi connectivity index (χ3n) is 4.15. The van der Waals surface area contributed by atoms with Gasteiger partial charge in [-0.2, -0.15) is 0 Å². The van der Waals surface area contributed by atoms with Gasteiger partial charge in [0.05, 0.1) is 6.04 Å². The minimum atomic E-state index is -0.959. The van der Waals surface area contributed by atoms with Crippen LogP contribution < -0.4 is 5.32 Å². The van der Waals surface area contributed by atoms with E-state index in [0.717, 1.165) is 10.5 Å². The van der Waals surface area contributed by atoms with Crippen LogP contribution >= 0.6 is 0 Å². The van der Waals surface area contributed by atoms with Gasteiger partial charge < -0.3 is 5.32 Å². The van der Waals surface area contributed by atoms with Crippen LogP contribution in [-0.4, -0.2) is 46.1 Å². The predicted molar refractivity (Wildman–Crippen MR) is 95.9 cm³/mol. The first-order valence-corrected chi connectivity index (χ1v) is 8.75. The monoisotopic (exact) mass is 359 g/mol. The van der Waals surface area contributed by atoms with Crippen LogP contribution in [0.25, 0.3) is 0 Å². The van der Waals surface area contributed by atoms with E-state index in [1.165, 1.54) is 0 Å². The molecular formula is C19H25N3O4. The second-order valence-corrected chi connectivity index (χ2v) is 7.10. The van der Waals surface area contributed by atoms with Gasteiger partial charge in [0.2, 0.25) is 5.91 Å². The molecule has 1 heterocycles. The molecular weight excluding hydrogens is 334 g/mol. The molecule has 0 radical (unpaired) electrons. The van der Waals surface area contributed by atoms with Crippen molar-refractivity contribution in [2.45, 2.75) is 46.2 Å². The SMILES string of the molecule is CC(C)C[C@@H](NC(=O)CN1C(=O)C(=O)N(C(C)C)C1=O)c1ccccc1. The molecule has 2 rings (SSSR count). The third kappa shape index (κ3) is 4.28. The molecule has 1 aromatic carbocycles. The minimum absolute atomic E-state index is 0.228. The van der Waals surface area contributed by atoms with E-state index in [0.29, 0.717) is 17.2 Å². The molecule has 0 unspecified atom stereocenters. The summed E-state index contributed by atoms with van der Waals surface area (Å²) >= 11 is 0. The lowest BCUT2D eigenvalue weighted by Crippen LogP contribution is -2.43. The molecule has 0 saturated carbocycles. The topological polar surface area (TPSA) is 86.8 Å². The van der Waals surface area contributed by atoms with Gasteiger partial charge in [-0.3, -0.25) is 19.3 Å². The average molecular weight is 359 g/mol. The molecule has 1 saturated heterocycles. The zero-order valence-corrected chi connectivity index (χ0v) is 15.6. The van der Waals surface area contributed by atoms with E-state index in [1.807, 2.05) is 30.3 Å². The van der Waals surface area contributed by atoms with E-state index < -0.39 is 36.3 Å². The molecule has 1 aliphatic heterocycles. The molecule has 5 amide bonds. The number of carbonyl (C=O) groups excluding carboxylic acids is 4. The quantitative estimate of drug-likeness (QED) is 0.596. The summed E-state index contributed by atoms with van der Waals surface area (Å²) in [5.74, 6) is -1.98. The van der Waals surface area contributed by atoms with Crippen LogP contribution in [0.2, 0.25) is 0 Å². The molecule has 1 N–H and O–H groups in total. The Morgan fingerprint density at radius 1 is 1.00 bits per heavy atom. The highest BCUT2D eigenvalue weighted by atomic mass is 16.2. The number of imide groups is 2. The van der Waals surface area contributed by atoms with Gasteiger partial charge in [-0.25, -0.2) is 9.69 Å². The Morgan fingerprint density at radius 2 is 1.62 bits per heavy atom. The van der Waals surface area contributed by atoms with Gasteiger partial charge >= 0.3 is 17.8 Å². The molecule has 7 nitrogen and oxygen atoms in total. The molecule has 1 aromatic rings. The van der Waals surface area contributed by atoms with E-state index >= 15 is 0 Å². The summed E-state index contributed by atoms with van der Waals surface area (Å²) in [4.78, 5) is 50.2. The first-order chi connectivity index (χ1) is 12.2. The predicted octanol–water partition coefficient (Wildman–Crippen LogP) is 2.09. The number of hydrogen-bond donors (Lipinski definition) is 1. The average Bonchev–Trinajstić information content (AvgIpc) is 2.78. The van der Waals surface area contributed by atoms with Crippen LogP contribution in [0, 0.1) is 5.92 Å². The van der Waals surface area contributed by atoms with Crippen molar-refractivity contribution in [2.75, 3.05) is 6.54 Å². The van der Waals surface area contributed by atoms with Gasteiger partial charge in [0.25, 0.3) is 0 Å². The fourth-order valence-corrected chi connectivity index (χ4v) is 2.94. The summed E-state index contributed by atoms with van der Waals surface area (Å²) in [6, 6.07) is 8.10. The first kappa shape index (κ1) is 19.6. The molecule has 0 bridgehead atoms. The Hall–Kier alpha value is -2.70. The van der Waals surface area contributed by atoms with Crippen molar-refractivity contribution >= 4 is 23.8 Å². The number of nitrogens with zero attached hydrogens (tertiary/aromatic N) is 2. The lowest BCUT2D eigenvalue weighted by atomic mass is 9.97. The summed E-state index contributed by atoms with van der Waals surface area (Å²) in [5.41, 5.74) is 0.952. The fraction of sp³-hybridized carbons (Fsp3) is 0.474. The molecule has 140 valence electrons. The lowest BCUT2D eigenvalue weighted by molar-refractivity contribution is -0.144. The van der Waals surface area contributed by atoms with Crippen LogP contribution in [-0.2, 0) is 14.4 Å². The maximum Gasteiger partial charge on any atom is 0.334 e. The maximum atomic E-state index is 12.5. The lowest BCUT2D eigenvalue weighted by Gasteiger charge is -2.23. The van der Waals surface area contributed by atoms with Crippen molar-refractivity contribution in [1.29, 1.82) is 0 Å². The van der Waals surface area contributed by atoms with Gasteiger partial charge in [0.1, 0.15) is 6.54 Å². The number of nitrogens with one attached hydrogen (secondary N) is 1. The highest BCUT2D eigenvalue weighted by molar-refractivity contribution is 6.45. The summed E-state index contributed by atoms with van der Waals surface area (Å²) in [6.45, 7) is 6.92. The smallest absolute Gasteiger partial charge is 0.334 e. The van der Waals surface area contributed by atoms with Gasteiger partial charge in [-0.1, -0.05) is 44.2 Å². The summed E-state index contributed by atoms with van der Waals surface area (Å²) in [7, 11) is 0. The van der Waals surface area contributed by atoms with Crippen LogP contribution in [0.15, 0.2) is 30.3 Å². The molecule has 0 aliphatic carbocycles. The summed E-state index contributed by atoms with van der Waals surface area (Å²) < 4.78 is 0. The van der Waals surface area contributed by atoms with Crippen LogP contribution in [0.5, 0.6) is 0 Å². The van der Waals surface area contributed by atoms with Crippen molar-refractivity contribution in [3.05, 3.63) is 35.9 Å². The number of urea groups is 1. The van der Waals surface area contributed by atoms with Crippen molar-refractivity contribution in [3.63, 3.8) is 0 Å². The van der Waals surface area contributed by atoms with Gasteiger partial charge in [-0.15, -0.1) is 0 Å². The Morgan fingerprint density at radius 3 is 2.12 bits per heavy atom. The van der Waals surface area contributed by atoms with E-state index in [4.69, 9.17) is 0 Å². The standard InChI is InChI=1S/C19H25N3O4/c1-12(2)10-15(14-8-6-5-7-9-14)20-16(23)11-21-17(24)18(25)22(13(3)4)19(21)26/h5-9,12-13,15H,10-11H2,1-4H3,(H,20,23)/t15-/m1/s1. The second kappa shape index (κ2) is 8.12. The van der Waals surface area contributed by atoms with Crippen LogP contribution in [0.3, 0.4) is 0 Å². The third-order valence-corrected chi connectivity index (χ3v) is 4.15. The summed E-state index contributed by atoms with van der Waals surface area (Å²) in [5, 5.41) is 2.88. The number of benzene rings is 1. The molecule has 26 heavy (non-hydrogen) atoms. The molecule has 1 aliphatic rings. The van der Waals surface area contributed by atoms with Crippen molar-refractivity contribution < 1.29 is 19.2 Å². The van der Waals surface area contributed by atoms with Gasteiger partial charge in [0.15, 0.2) is 0 Å². The molecule has 1 fully saturated rings. The maximum absolute atomic E-state index is 12.5. The number of amides is 5. The molecule has 1 atom stereocenters. The Bertz CT molecular complexity index is 700. The highest BCUT2D eigenvalue weighted by Gasteiger charge is 2.46. The second-order valence-electron chi connectivity index (χ2n) is 7.10. The van der Waals surface area contributed by atoms with Crippen LogP contribution in [0.1, 0.15) is 45.7 Å². The molecule has 0 aromatic heterocycles. The number of rotatable bonds is 7. The van der Waals surface area contributed by atoms with E-state index in [1.54, 1.807) is 13.8 Å². The Labute approximate surface area is 153 Å². The van der Waals surface area contributed by atoms with Crippen LogP contribution in [0.4, 0.5) is 4.79 Å². The Balaban J connectivity index is 2.09. The van der Waals surface area contributed by atoms with Crippen molar-refractivity contribution in [2.24, 2.45) is 5.92 Å². The highest BCUT2D eigenvalue weighted by Crippen LogP contribution is 2.21. The zero-order chi connectivity index (χ0) is 19.4. The van der Waals surface area contributed by atoms with Gasteiger partial charge in [0, 0.05) is 6.04 Å². The molecule has 7 heteroatoms. The number of carbonyl (C=O) groups is 4. The number of hydrogen-bond acceptors (Lipinski definition) is 4. The van der Waals surface area contributed by atoms with E-state index in [-0.39, 0.29) is 6.04 Å². The molecule has 0 spiro atoms. The van der Waals surface area contributed by atoms with Gasteiger partial charge in [-0.05, 0) is 31.7 Å². The van der Waals surface area contributed by atoms with Crippen molar-refractivity contribution in [3.8, 4) is 0 Å². The summed E-state index contributed by atoms with van der Waals surface area (Å²) in [6.07, 6.45) is 0.717. The first-order valence-electron chi connectivity index (χ1n) is 8.75. The zero-order valence-electron chi connectivity index (χ0n) is 15.6. The van der Waals surface area contributed by atoms with E-state index in [2.05, 4.69) is 19.2 Å². The Kier molecular flexibility index (Phi) is 6.13. The largest absolute Gasteiger partial charge is 0.348 e. The fourth-order valence-electron chi connectivity index (χ4n) is 2.94. The normalized spacial score (nSPS) is 16.0.